The van der Waals surface area contributed by atoms with Crippen LogP contribution in [-0.4, -0.2) is 21.9 Å². The van der Waals surface area contributed by atoms with E-state index in [4.69, 9.17) is 0 Å². The zero-order chi connectivity index (χ0) is 14.8. The Morgan fingerprint density at radius 3 is 2.43 bits per heavy atom. The van der Waals surface area contributed by atoms with Gasteiger partial charge in [-0.05, 0) is 17.2 Å². The van der Waals surface area contributed by atoms with Crippen LogP contribution in [0.15, 0.2) is 54.6 Å². The predicted molar refractivity (Wildman–Crippen MR) is 77.8 cm³/mol. The minimum Gasteiger partial charge on any atom is -0.481 e. The normalized spacial score (nSPS) is 14.9. The average molecular weight is 281 g/mol. The molecular formula is C17H15NO3. The maximum absolute atomic E-state index is 12.5. The Morgan fingerprint density at radius 2 is 1.76 bits per heavy atom. The third kappa shape index (κ3) is 2.52. The van der Waals surface area contributed by atoms with Crippen molar-refractivity contribution in [3.63, 3.8) is 0 Å². The summed E-state index contributed by atoms with van der Waals surface area (Å²) in [7, 11) is 0. The molecule has 1 atom stereocenters. The summed E-state index contributed by atoms with van der Waals surface area (Å²) in [6.07, 6.45) is -0.0935. The summed E-state index contributed by atoms with van der Waals surface area (Å²) in [6, 6.07) is 16.3. The Kier molecular flexibility index (Phi) is 3.44. The highest BCUT2D eigenvalue weighted by atomic mass is 16.4. The number of rotatable bonds is 4. The van der Waals surface area contributed by atoms with E-state index >= 15 is 0 Å². The van der Waals surface area contributed by atoms with Gasteiger partial charge in [0.05, 0.1) is 12.5 Å². The van der Waals surface area contributed by atoms with Crippen LogP contribution >= 0.6 is 0 Å². The van der Waals surface area contributed by atoms with E-state index < -0.39 is 12.0 Å². The smallest absolute Gasteiger partial charge is 0.305 e. The minimum atomic E-state index is -0.910. The molecule has 0 fully saturated rings. The van der Waals surface area contributed by atoms with Crippen LogP contribution in [0.25, 0.3) is 0 Å². The van der Waals surface area contributed by atoms with Crippen LogP contribution in [0.1, 0.15) is 33.9 Å². The molecule has 1 N–H and O–H groups in total. The summed E-state index contributed by atoms with van der Waals surface area (Å²) in [5.74, 6) is -1.01. The van der Waals surface area contributed by atoms with Gasteiger partial charge in [-0.3, -0.25) is 9.59 Å². The van der Waals surface area contributed by atoms with Crippen molar-refractivity contribution < 1.29 is 14.7 Å². The highest BCUT2D eigenvalue weighted by molar-refractivity contribution is 5.98. The topological polar surface area (TPSA) is 57.6 Å². The van der Waals surface area contributed by atoms with Crippen molar-refractivity contribution in [3.8, 4) is 0 Å². The van der Waals surface area contributed by atoms with Crippen molar-refractivity contribution in [2.24, 2.45) is 0 Å². The number of aliphatic carboxylic acids is 1. The van der Waals surface area contributed by atoms with Crippen molar-refractivity contribution in [1.29, 1.82) is 0 Å². The van der Waals surface area contributed by atoms with E-state index in [2.05, 4.69) is 0 Å². The van der Waals surface area contributed by atoms with E-state index in [1.54, 1.807) is 11.0 Å². The molecule has 2 aromatic rings. The first-order valence-corrected chi connectivity index (χ1v) is 6.82. The molecule has 1 aliphatic heterocycles. The largest absolute Gasteiger partial charge is 0.481 e. The lowest BCUT2D eigenvalue weighted by atomic mass is 10.0. The molecule has 0 aliphatic carbocycles. The van der Waals surface area contributed by atoms with Gasteiger partial charge in [0.15, 0.2) is 0 Å². The van der Waals surface area contributed by atoms with E-state index in [9.17, 15) is 14.7 Å². The van der Waals surface area contributed by atoms with Crippen LogP contribution in [0.5, 0.6) is 0 Å². The van der Waals surface area contributed by atoms with E-state index in [0.29, 0.717) is 12.1 Å². The molecule has 21 heavy (non-hydrogen) atoms. The van der Waals surface area contributed by atoms with E-state index in [1.807, 2.05) is 48.5 Å². The molecule has 1 heterocycles. The summed E-state index contributed by atoms with van der Waals surface area (Å²) in [5.41, 5.74) is 2.47. The molecule has 0 bridgehead atoms. The van der Waals surface area contributed by atoms with E-state index in [1.165, 1.54) is 0 Å². The Morgan fingerprint density at radius 1 is 1.10 bits per heavy atom. The van der Waals surface area contributed by atoms with Crippen LogP contribution in [0, 0.1) is 0 Å². The third-order valence-corrected chi connectivity index (χ3v) is 3.78. The second-order valence-corrected chi connectivity index (χ2v) is 5.11. The molecule has 106 valence electrons. The molecular weight excluding hydrogens is 266 g/mol. The Labute approximate surface area is 122 Å². The van der Waals surface area contributed by atoms with Crippen LogP contribution in [-0.2, 0) is 11.3 Å². The van der Waals surface area contributed by atoms with Gasteiger partial charge in [-0.1, -0.05) is 48.5 Å². The van der Waals surface area contributed by atoms with Crippen LogP contribution in [0.4, 0.5) is 0 Å². The molecule has 1 amide bonds. The maximum Gasteiger partial charge on any atom is 0.305 e. The van der Waals surface area contributed by atoms with Gasteiger partial charge in [0.25, 0.3) is 5.91 Å². The predicted octanol–water partition coefficient (Wildman–Crippen LogP) is 2.86. The van der Waals surface area contributed by atoms with E-state index in [-0.39, 0.29) is 12.3 Å². The highest BCUT2D eigenvalue weighted by Crippen LogP contribution is 2.33. The zero-order valence-electron chi connectivity index (χ0n) is 11.4. The number of carboxylic acid groups (broad SMARTS) is 1. The molecule has 4 nitrogen and oxygen atoms in total. The molecule has 1 aliphatic rings. The number of fused-ring (bicyclic) bond motifs is 1. The monoisotopic (exact) mass is 281 g/mol. The molecule has 0 radical (unpaired) electrons. The zero-order valence-corrected chi connectivity index (χ0v) is 11.4. The summed E-state index contributed by atoms with van der Waals surface area (Å²) >= 11 is 0. The Bertz CT molecular complexity index is 681. The first-order valence-electron chi connectivity index (χ1n) is 6.82. The van der Waals surface area contributed by atoms with Crippen molar-refractivity contribution in [2.75, 3.05) is 0 Å². The second-order valence-electron chi connectivity index (χ2n) is 5.11. The van der Waals surface area contributed by atoms with Gasteiger partial charge in [0, 0.05) is 12.1 Å². The average Bonchev–Trinajstić information content (AvgIpc) is 2.83. The number of carbonyl (C=O) groups excluding carboxylic acids is 1. The molecule has 0 unspecified atom stereocenters. The molecule has 0 saturated carbocycles. The Hall–Kier alpha value is -2.62. The third-order valence-electron chi connectivity index (χ3n) is 3.78. The fourth-order valence-corrected chi connectivity index (χ4v) is 2.78. The SMILES string of the molecule is O=C(O)C[C@H](c1ccccc1)N1Cc2ccccc2C1=O. The lowest BCUT2D eigenvalue weighted by Crippen LogP contribution is -2.30. The van der Waals surface area contributed by atoms with Crippen molar-refractivity contribution in [2.45, 2.75) is 19.0 Å². The van der Waals surface area contributed by atoms with Gasteiger partial charge in [0.1, 0.15) is 0 Å². The van der Waals surface area contributed by atoms with Crippen molar-refractivity contribution in [1.82, 2.24) is 4.90 Å². The summed E-state index contributed by atoms with van der Waals surface area (Å²) in [6.45, 7) is 0.460. The first-order chi connectivity index (χ1) is 10.2. The summed E-state index contributed by atoms with van der Waals surface area (Å²) in [5, 5.41) is 9.17. The van der Waals surface area contributed by atoms with Crippen molar-refractivity contribution >= 4 is 11.9 Å². The molecule has 2 aromatic carbocycles. The van der Waals surface area contributed by atoms with Gasteiger partial charge in [-0.2, -0.15) is 0 Å². The fourth-order valence-electron chi connectivity index (χ4n) is 2.78. The number of hydrogen-bond acceptors (Lipinski definition) is 2. The van der Waals surface area contributed by atoms with Crippen LogP contribution < -0.4 is 0 Å². The lowest BCUT2D eigenvalue weighted by Gasteiger charge is -2.27. The number of amides is 1. The number of nitrogens with zero attached hydrogens (tertiary/aromatic N) is 1. The Balaban J connectivity index is 1.96. The van der Waals surface area contributed by atoms with Crippen LogP contribution in [0.3, 0.4) is 0 Å². The van der Waals surface area contributed by atoms with E-state index in [0.717, 1.165) is 11.1 Å². The quantitative estimate of drug-likeness (QED) is 0.937. The maximum atomic E-state index is 12.5. The minimum absolute atomic E-state index is 0.0935. The number of benzene rings is 2. The molecule has 0 aromatic heterocycles. The molecule has 0 saturated heterocycles. The van der Waals surface area contributed by atoms with Gasteiger partial charge >= 0.3 is 5.97 Å². The van der Waals surface area contributed by atoms with Crippen molar-refractivity contribution in [3.05, 3.63) is 71.3 Å². The van der Waals surface area contributed by atoms with Crippen LogP contribution in [0.2, 0.25) is 0 Å². The first kappa shape index (κ1) is 13.4. The second kappa shape index (κ2) is 5.40. The van der Waals surface area contributed by atoms with Gasteiger partial charge in [-0.15, -0.1) is 0 Å². The molecule has 4 heteroatoms. The molecule has 0 spiro atoms. The molecule has 3 rings (SSSR count). The fraction of sp³-hybridized carbons (Fsp3) is 0.176. The number of carboxylic acids is 1. The standard InChI is InChI=1S/C17H15NO3/c19-16(20)10-15(12-6-2-1-3-7-12)18-11-13-8-4-5-9-14(13)17(18)21/h1-9,15H,10-11H2,(H,19,20)/t15-/m1/s1. The van der Waals surface area contributed by atoms with Gasteiger partial charge in [-0.25, -0.2) is 0 Å². The number of carbonyl (C=O) groups is 2. The van der Waals surface area contributed by atoms with Gasteiger partial charge in [0.2, 0.25) is 0 Å². The lowest BCUT2D eigenvalue weighted by molar-refractivity contribution is -0.138. The summed E-state index contributed by atoms with van der Waals surface area (Å²) in [4.78, 5) is 25.4. The van der Waals surface area contributed by atoms with Gasteiger partial charge < -0.3 is 10.0 Å². The number of hydrogen-bond donors (Lipinski definition) is 1. The summed E-state index contributed by atoms with van der Waals surface area (Å²) < 4.78 is 0. The highest BCUT2D eigenvalue weighted by Gasteiger charge is 2.34.